The molecule has 0 spiro atoms. The number of nitrogens with one attached hydrogen (secondary N) is 2. The minimum absolute atomic E-state index is 0.0755. The molecule has 0 radical (unpaired) electrons. The van der Waals surface area contributed by atoms with Crippen molar-refractivity contribution in [2.45, 2.75) is 25.6 Å². The normalized spacial score (nSPS) is 18.6. The molecule has 0 bridgehead atoms. The van der Waals surface area contributed by atoms with Crippen molar-refractivity contribution in [2.75, 3.05) is 25.5 Å². The van der Waals surface area contributed by atoms with Crippen LogP contribution in [-0.4, -0.2) is 57.9 Å². The molecule has 0 amide bonds. The summed E-state index contributed by atoms with van der Waals surface area (Å²) >= 11 is 0. The number of aromatic amines is 1. The van der Waals surface area contributed by atoms with Gasteiger partial charge in [-0.05, 0) is 26.4 Å². The van der Waals surface area contributed by atoms with Gasteiger partial charge in [0.2, 0.25) is 11.8 Å². The first-order chi connectivity index (χ1) is 11.6. The van der Waals surface area contributed by atoms with E-state index in [1.807, 2.05) is 0 Å². The predicted molar refractivity (Wildman–Crippen MR) is 81.7 cm³/mol. The largest absolute Gasteiger partial charge is 0.472 e. The molecule has 0 aromatic carbocycles. The van der Waals surface area contributed by atoms with Gasteiger partial charge in [0.15, 0.2) is 5.82 Å². The van der Waals surface area contributed by atoms with E-state index in [4.69, 9.17) is 4.74 Å². The number of likely N-dealkylation sites (N-methyl/N-ethyl adjacent to an activating group) is 1. The first kappa shape index (κ1) is 16.4. The Morgan fingerprint density at radius 2 is 2.25 bits per heavy atom. The lowest BCUT2D eigenvalue weighted by Gasteiger charge is -2.29. The molecule has 1 aliphatic rings. The summed E-state index contributed by atoms with van der Waals surface area (Å²) in [5.41, 5.74) is 0. The standard InChI is InChI=1S/C14H18F2N6O2/c1-22-4-2-3-9(8-22)23-13-7-17-6-11(19-13)18-10-5-12(21-20-10)24-14(15)16/h5-7,9,14H,2-4,8H2,1H3,(H2,18,19,20,21)/t9-/m1/s1. The Balaban J connectivity index is 1.61. The van der Waals surface area contributed by atoms with Crippen molar-refractivity contribution in [3.8, 4) is 11.8 Å². The number of likely N-dealkylation sites (tertiary alicyclic amines) is 1. The lowest BCUT2D eigenvalue weighted by atomic mass is 10.1. The van der Waals surface area contributed by atoms with Crippen LogP contribution in [0, 0.1) is 0 Å². The van der Waals surface area contributed by atoms with Gasteiger partial charge < -0.3 is 19.7 Å². The lowest BCUT2D eigenvalue weighted by molar-refractivity contribution is -0.0528. The molecule has 1 atom stereocenters. The zero-order chi connectivity index (χ0) is 16.9. The second-order valence-electron chi connectivity index (χ2n) is 5.51. The van der Waals surface area contributed by atoms with Crippen LogP contribution < -0.4 is 14.8 Å². The van der Waals surface area contributed by atoms with E-state index >= 15 is 0 Å². The van der Waals surface area contributed by atoms with Crippen molar-refractivity contribution in [3.05, 3.63) is 18.5 Å². The van der Waals surface area contributed by atoms with Gasteiger partial charge in [0.25, 0.3) is 0 Å². The SMILES string of the molecule is CN1CCC[C@@H](Oc2cncc(Nc3cc(OC(F)F)n[nH]3)n2)C1. The van der Waals surface area contributed by atoms with Crippen molar-refractivity contribution in [1.82, 2.24) is 25.1 Å². The number of nitrogens with zero attached hydrogens (tertiary/aromatic N) is 4. The van der Waals surface area contributed by atoms with Gasteiger partial charge in [0, 0.05) is 12.6 Å². The Hall–Kier alpha value is -2.49. The van der Waals surface area contributed by atoms with Crippen LogP contribution in [0.1, 0.15) is 12.8 Å². The van der Waals surface area contributed by atoms with Crippen molar-refractivity contribution >= 4 is 11.6 Å². The van der Waals surface area contributed by atoms with Gasteiger partial charge in [-0.15, -0.1) is 5.10 Å². The van der Waals surface area contributed by atoms with E-state index in [0.717, 1.165) is 25.9 Å². The van der Waals surface area contributed by atoms with E-state index in [9.17, 15) is 8.78 Å². The molecule has 8 nitrogen and oxygen atoms in total. The van der Waals surface area contributed by atoms with E-state index in [2.05, 4.69) is 42.2 Å². The van der Waals surface area contributed by atoms with Crippen molar-refractivity contribution in [1.29, 1.82) is 0 Å². The Kier molecular flexibility index (Phi) is 5.04. The molecule has 2 N–H and O–H groups in total. The molecule has 0 aliphatic carbocycles. The third kappa shape index (κ3) is 4.51. The average molecular weight is 340 g/mol. The molecular formula is C14H18F2N6O2. The van der Waals surface area contributed by atoms with Crippen LogP contribution >= 0.6 is 0 Å². The lowest BCUT2D eigenvalue weighted by Crippen LogP contribution is -2.38. The molecule has 0 saturated carbocycles. The third-order valence-electron chi connectivity index (χ3n) is 3.51. The van der Waals surface area contributed by atoms with Gasteiger partial charge in [0.1, 0.15) is 11.9 Å². The third-order valence-corrected chi connectivity index (χ3v) is 3.51. The maximum absolute atomic E-state index is 12.1. The highest BCUT2D eigenvalue weighted by molar-refractivity contribution is 5.51. The zero-order valence-corrected chi connectivity index (χ0v) is 13.1. The van der Waals surface area contributed by atoms with Crippen LogP contribution in [0.4, 0.5) is 20.4 Å². The smallest absolute Gasteiger partial charge is 0.388 e. The van der Waals surface area contributed by atoms with Gasteiger partial charge in [-0.3, -0.25) is 10.1 Å². The molecule has 0 unspecified atom stereocenters. The van der Waals surface area contributed by atoms with Crippen LogP contribution in [-0.2, 0) is 0 Å². The van der Waals surface area contributed by atoms with Gasteiger partial charge >= 0.3 is 6.61 Å². The molecule has 3 rings (SSSR count). The molecule has 2 aromatic rings. The topological polar surface area (TPSA) is 88.2 Å². The number of hydrogen-bond acceptors (Lipinski definition) is 7. The van der Waals surface area contributed by atoms with Crippen LogP contribution in [0.3, 0.4) is 0 Å². The fraction of sp³-hybridized carbons (Fsp3) is 0.500. The number of hydrogen-bond donors (Lipinski definition) is 2. The predicted octanol–water partition coefficient (Wildman–Crippen LogP) is 2.02. The highest BCUT2D eigenvalue weighted by atomic mass is 19.3. The number of halogens is 2. The molecule has 24 heavy (non-hydrogen) atoms. The summed E-state index contributed by atoms with van der Waals surface area (Å²) < 4.78 is 34.3. The summed E-state index contributed by atoms with van der Waals surface area (Å²) in [5, 5.41) is 9.01. The minimum atomic E-state index is -2.92. The molecule has 1 fully saturated rings. The first-order valence-electron chi connectivity index (χ1n) is 7.53. The van der Waals surface area contributed by atoms with E-state index < -0.39 is 6.61 Å². The second kappa shape index (κ2) is 7.39. The molecule has 3 heterocycles. The van der Waals surface area contributed by atoms with E-state index in [-0.39, 0.29) is 12.0 Å². The monoisotopic (exact) mass is 340 g/mol. The summed E-state index contributed by atoms with van der Waals surface area (Å²) in [6.07, 6.45) is 5.16. The number of ether oxygens (including phenoxy) is 2. The van der Waals surface area contributed by atoms with Crippen molar-refractivity contribution < 1.29 is 18.3 Å². The van der Waals surface area contributed by atoms with Crippen LogP contribution in [0.5, 0.6) is 11.8 Å². The Morgan fingerprint density at radius 1 is 1.38 bits per heavy atom. The number of anilines is 2. The maximum atomic E-state index is 12.1. The molecular weight excluding hydrogens is 322 g/mol. The average Bonchev–Trinajstić information content (AvgIpc) is 2.94. The summed E-state index contributed by atoms with van der Waals surface area (Å²) in [6.45, 7) is -1.02. The van der Waals surface area contributed by atoms with Crippen LogP contribution in [0.25, 0.3) is 0 Å². The van der Waals surface area contributed by atoms with Gasteiger partial charge in [-0.2, -0.15) is 13.8 Å². The van der Waals surface area contributed by atoms with Gasteiger partial charge in [0.05, 0.1) is 12.4 Å². The Labute approximate surface area is 137 Å². The van der Waals surface area contributed by atoms with E-state index in [1.165, 1.54) is 18.5 Å². The number of rotatable bonds is 6. The molecule has 10 heteroatoms. The van der Waals surface area contributed by atoms with Crippen LogP contribution in [0.2, 0.25) is 0 Å². The fourth-order valence-electron chi connectivity index (χ4n) is 2.51. The fourth-order valence-corrected chi connectivity index (χ4v) is 2.51. The zero-order valence-electron chi connectivity index (χ0n) is 13.1. The minimum Gasteiger partial charge on any atom is -0.472 e. The quantitative estimate of drug-likeness (QED) is 0.831. The highest BCUT2D eigenvalue weighted by Gasteiger charge is 2.19. The van der Waals surface area contributed by atoms with Crippen molar-refractivity contribution in [3.63, 3.8) is 0 Å². The van der Waals surface area contributed by atoms with Crippen LogP contribution in [0.15, 0.2) is 18.5 Å². The van der Waals surface area contributed by atoms with E-state index in [0.29, 0.717) is 17.5 Å². The summed E-state index contributed by atoms with van der Waals surface area (Å²) in [4.78, 5) is 10.6. The first-order valence-corrected chi connectivity index (χ1v) is 7.53. The number of alkyl halides is 2. The Bertz CT molecular complexity index is 668. The highest BCUT2D eigenvalue weighted by Crippen LogP contribution is 2.20. The number of H-pyrrole nitrogens is 1. The summed E-state index contributed by atoms with van der Waals surface area (Å²) in [6, 6.07) is 1.30. The number of aromatic nitrogens is 4. The summed E-state index contributed by atoms with van der Waals surface area (Å²) in [7, 11) is 2.05. The summed E-state index contributed by atoms with van der Waals surface area (Å²) in [5.74, 6) is 0.959. The molecule has 130 valence electrons. The molecule has 1 aliphatic heterocycles. The maximum Gasteiger partial charge on any atom is 0.388 e. The van der Waals surface area contributed by atoms with Gasteiger partial charge in [-0.1, -0.05) is 0 Å². The Morgan fingerprint density at radius 3 is 3.04 bits per heavy atom. The molecule has 2 aromatic heterocycles. The second-order valence-corrected chi connectivity index (χ2v) is 5.51. The molecule has 1 saturated heterocycles. The van der Waals surface area contributed by atoms with Crippen molar-refractivity contribution in [2.24, 2.45) is 0 Å². The van der Waals surface area contributed by atoms with Gasteiger partial charge in [-0.25, -0.2) is 0 Å². The number of piperidine rings is 1. The van der Waals surface area contributed by atoms with E-state index in [1.54, 1.807) is 0 Å².